The van der Waals surface area contributed by atoms with Crippen LogP contribution in [0, 0.1) is 22.7 Å². The fourth-order valence-corrected chi connectivity index (χ4v) is 5.39. The second kappa shape index (κ2) is 11.7. The first kappa shape index (κ1) is 26.5. The molecule has 0 aliphatic heterocycles. The van der Waals surface area contributed by atoms with Gasteiger partial charge in [-0.1, -0.05) is 29.2 Å². The fraction of sp³-hybridized carbons (Fsp3) is 0.192. The van der Waals surface area contributed by atoms with Crippen LogP contribution in [0.5, 0.6) is 17.2 Å². The molecule has 0 saturated carbocycles. The number of nitriles is 2. The number of aromatic nitrogens is 2. The minimum atomic E-state index is -0.333. The summed E-state index contributed by atoms with van der Waals surface area (Å²) in [4.78, 5) is 21.4. The van der Waals surface area contributed by atoms with Crippen molar-refractivity contribution in [3.05, 3.63) is 47.5 Å². The second-order valence-electron chi connectivity index (χ2n) is 7.64. The third-order valence-electron chi connectivity index (χ3n) is 5.35. The number of thiazole rings is 1. The van der Waals surface area contributed by atoms with Gasteiger partial charge in [-0.25, -0.2) is 9.97 Å². The lowest BCUT2D eigenvalue weighted by Crippen LogP contribution is -2.14. The molecule has 0 spiro atoms. The van der Waals surface area contributed by atoms with Crippen molar-refractivity contribution in [2.75, 3.05) is 37.6 Å². The number of nitrogens with two attached hydrogens (primary N) is 1. The number of nitrogens with zero attached hydrogens (tertiary/aromatic N) is 4. The van der Waals surface area contributed by atoms with Gasteiger partial charge >= 0.3 is 0 Å². The van der Waals surface area contributed by atoms with Gasteiger partial charge in [-0.15, -0.1) is 0 Å². The molecule has 0 bridgehead atoms. The number of nitrogen functional groups attached to an aromatic ring is 1. The zero-order valence-electron chi connectivity index (χ0n) is 20.7. The minimum absolute atomic E-state index is 0.0459. The summed E-state index contributed by atoms with van der Waals surface area (Å²) >= 11 is 2.37. The van der Waals surface area contributed by atoms with Gasteiger partial charge in [-0.2, -0.15) is 10.5 Å². The molecule has 4 rings (SSSR count). The molecule has 192 valence electrons. The number of hydrogen-bond acceptors (Lipinski definition) is 11. The van der Waals surface area contributed by atoms with Crippen LogP contribution in [-0.4, -0.2) is 42.5 Å². The number of amides is 1. The molecule has 0 saturated heterocycles. The van der Waals surface area contributed by atoms with Crippen LogP contribution in [-0.2, 0) is 4.79 Å². The standard InChI is InChI=1S/C26H22N6O4S2/c1-4-36-15-6-7-18-21(10-15)38-26(30-18)31-22(33)13-37-25-17(12-28)23(16(11-27)24(29)32-25)14-5-8-19(34-2)20(9-14)35-3/h5-10H,4,13H2,1-3H3,(H2,29,32)(H,30,31,33). The Kier molecular flexibility index (Phi) is 8.16. The monoisotopic (exact) mass is 546 g/mol. The highest BCUT2D eigenvalue weighted by atomic mass is 32.2. The summed E-state index contributed by atoms with van der Waals surface area (Å²) in [5, 5.41) is 23.2. The van der Waals surface area contributed by atoms with Gasteiger partial charge < -0.3 is 25.3 Å². The Morgan fingerprint density at radius 1 is 1.08 bits per heavy atom. The molecular weight excluding hydrogens is 524 g/mol. The number of anilines is 2. The maximum absolute atomic E-state index is 12.7. The van der Waals surface area contributed by atoms with Gasteiger partial charge in [0.1, 0.15) is 34.3 Å². The van der Waals surface area contributed by atoms with Gasteiger partial charge in [0, 0.05) is 5.56 Å². The van der Waals surface area contributed by atoms with E-state index in [4.69, 9.17) is 19.9 Å². The van der Waals surface area contributed by atoms with Gasteiger partial charge in [0.2, 0.25) is 5.91 Å². The Morgan fingerprint density at radius 2 is 1.84 bits per heavy atom. The van der Waals surface area contributed by atoms with E-state index in [9.17, 15) is 15.3 Å². The number of methoxy groups -OCH3 is 2. The summed E-state index contributed by atoms with van der Waals surface area (Å²) < 4.78 is 17.1. The Labute approximate surface area is 227 Å². The van der Waals surface area contributed by atoms with E-state index in [1.54, 1.807) is 18.2 Å². The Morgan fingerprint density at radius 3 is 2.53 bits per heavy atom. The fourth-order valence-electron chi connectivity index (χ4n) is 3.69. The van der Waals surface area contributed by atoms with Gasteiger partial charge in [0.25, 0.3) is 0 Å². The van der Waals surface area contributed by atoms with Crippen LogP contribution in [0.15, 0.2) is 41.4 Å². The molecule has 10 nitrogen and oxygen atoms in total. The lowest BCUT2D eigenvalue weighted by Gasteiger charge is -2.14. The molecular formula is C26H22N6O4S2. The van der Waals surface area contributed by atoms with Crippen molar-refractivity contribution >= 4 is 50.2 Å². The van der Waals surface area contributed by atoms with E-state index in [0.29, 0.717) is 34.4 Å². The Bertz CT molecular complexity index is 1610. The molecule has 2 aromatic carbocycles. The number of hydrogen-bond donors (Lipinski definition) is 2. The third-order valence-corrected chi connectivity index (χ3v) is 7.25. The predicted octanol–water partition coefficient (Wildman–Crippen LogP) is 4.83. The zero-order chi connectivity index (χ0) is 27.2. The van der Waals surface area contributed by atoms with Crippen molar-refractivity contribution in [3.8, 4) is 40.5 Å². The first-order valence-electron chi connectivity index (χ1n) is 11.2. The first-order chi connectivity index (χ1) is 18.4. The molecule has 4 aromatic rings. The van der Waals surface area contributed by atoms with Crippen molar-refractivity contribution < 1.29 is 19.0 Å². The van der Waals surface area contributed by atoms with Crippen molar-refractivity contribution in [1.82, 2.24) is 9.97 Å². The van der Waals surface area contributed by atoms with E-state index >= 15 is 0 Å². The second-order valence-corrected chi connectivity index (χ2v) is 9.63. The number of carbonyl (C=O) groups excluding carboxylic acids is 1. The van der Waals surface area contributed by atoms with E-state index in [0.717, 1.165) is 27.7 Å². The van der Waals surface area contributed by atoms with E-state index < -0.39 is 0 Å². The molecule has 38 heavy (non-hydrogen) atoms. The highest BCUT2D eigenvalue weighted by Crippen LogP contribution is 2.39. The average Bonchev–Trinajstić information content (AvgIpc) is 3.32. The van der Waals surface area contributed by atoms with Gasteiger partial charge in [-0.3, -0.25) is 4.79 Å². The SMILES string of the molecule is CCOc1ccc2nc(NC(=O)CSc3nc(N)c(C#N)c(-c4ccc(OC)c(OC)c4)c3C#N)sc2c1. The number of benzene rings is 2. The van der Waals surface area contributed by atoms with Gasteiger partial charge in [0.05, 0.1) is 42.4 Å². The van der Waals surface area contributed by atoms with Crippen LogP contribution < -0.4 is 25.3 Å². The molecule has 2 heterocycles. The van der Waals surface area contributed by atoms with E-state index in [1.165, 1.54) is 25.6 Å². The number of nitrogens with one attached hydrogen (secondary N) is 1. The van der Waals surface area contributed by atoms with Crippen LogP contribution in [0.2, 0.25) is 0 Å². The summed E-state index contributed by atoms with van der Waals surface area (Å²) in [6.45, 7) is 2.46. The van der Waals surface area contributed by atoms with E-state index in [-0.39, 0.29) is 33.6 Å². The van der Waals surface area contributed by atoms with Crippen molar-refractivity contribution in [2.45, 2.75) is 11.9 Å². The molecule has 0 fully saturated rings. The van der Waals surface area contributed by atoms with Crippen LogP contribution >= 0.6 is 23.1 Å². The summed E-state index contributed by atoms with van der Waals surface area (Å²) in [6, 6.07) is 14.7. The molecule has 12 heteroatoms. The summed E-state index contributed by atoms with van der Waals surface area (Å²) in [5.74, 6) is 1.21. The van der Waals surface area contributed by atoms with E-state index in [2.05, 4.69) is 21.4 Å². The highest BCUT2D eigenvalue weighted by molar-refractivity contribution is 8.00. The van der Waals surface area contributed by atoms with Crippen LogP contribution in [0.25, 0.3) is 21.3 Å². The number of thioether (sulfide) groups is 1. The quantitative estimate of drug-likeness (QED) is 0.279. The molecule has 3 N–H and O–H groups in total. The normalized spacial score (nSPS) is 10.4. The molecule has 0 unspecified atom stereocenters. The number of pyridine rings is 1. The maximum Gasteiger partial charge on any atom is 0.236 e. The zero-order valence-corrected chi connectivity index (χ0v) is 22.3. The number of rotatable bonds is 9. The lowest BCUT2D eigenvalue weighted by molar-refractivity contribution is -0.113. The predicted molar refractivity (Wildman–Crippen MR) is 147 cm³/mol. The van der Waals surface area contributed by atoms with Crippen molar-refractivity contribution in [2.24, 2.45) is 0 Å². The smallest absolute Gasteiger partial charge is 0.236 e. The highest BCUT2D eigenvalue weighted by Gasteiger charge is 2.22. The summed E-state index contributed by atoms with van der Waals surface area (Å²) in [6.07, 6.45) is 0. The maximum atomic E-state index is 12.7. The molecule has 1 amide bonds. The first-order valence-corrected chi connectivity index (χ1v) is 13.0. The molecule has 0 atom stereocenters. The third kappa shape index (κ3) is 5.42. The summed E-state index contributed by atoms with van der Waals surface area (Å²) in [5.41, 5.74) is 7.86. The van der Waals surface area contributed by atoms with Crippen LogP contribution in [0.1, 0.15) is 18.1 Å². The topological polar surface area (TPSA) is 156 Å². The van der Waals surface area contributed by atoms with Gasteiger partial charge in [0.15, 0.2) is 16.6 Å². The van der Waals surface area contributed by atoms with Crippen LogP contribution in [0.4, 0.5) is 10.9 Å². The van der Waals surface area contributed by atoms with Gasteiger partial charge in [-0.05, 0) is 42.8 Å². The Hall–Kier alpha value is -4.52. The number of fused-ring (bicyclic) bond motifs is 1. The molecule has 0 aliphatic carbocycles. The lowest BCUT2D eigenvalue weighted by atomic mass is 9.96. The minimum Gasteiger partial charge on any atom is -0.494 e. The van der Waals surface area contributed by atoms with Crippen LogP contribution in [0.3, 0.4) is 0 Å². The summed E-state index contributed by atoms with van der Waals surface area (Å²) in [7, 11) is 3.00. The average molecular weight is 547 g/mol. The van der Waals surface area contributed by atoms with Crippen molar-refractivity contribution in [3.63, 3.8) is 0 Å². The molecule has 0 radical (unpaired) electrons. The van der Waals surface area contributed by atoms with E-state index in [1.807, 2.05) is 31.2 Å². The molecule has 0 aliphatic rings. The largest absolute Gasteiger partial charge is 0.494 e. The molecule has 2 aromatic heterocycles. The number of carbonyl (C=O) groups is 1. The Balaban J connectivity index is 1.60. The number of ether oxygens (including phenoxy) is 3. The van der Waals surface area contributed by atoms with Crippen molar-refractivity contribution in [1.29, 1.82) is 10.5 Å².